The number of hydrogen-bond acceptors (Lipinski definition) is 3. The lowest BCUT2D eigenvalue weighted by molar-refractivity contribution is -0.128. The van der Waals surface area contributed by atoms with Crippen LogP contribution in [-0.4, -0.2) is 30.4 Å². The van der Waals surface area contributed by atoms with Gasteiger partial charge in [-0.2, -0.15) is 0 Å². The van der Waals surface area contributed by atoms with Crippen LogP contribution >= 0.6 is 11.6 Å². The third-order valence-corrected chi connectivity index (χ3v) is 4.41. The second-order valence-electron chi connectivity index (χ2n) is 5.91. The molecule has 1 N–H and O–H groups in total. The molecule has 0 aliphatic carbocycles. The van der Waals surface area contributed by atoms with E-state index in [9.17, 15) is 9.59 Å². The van der Waals surface area contributed by atoms with Gasteiger partial charge >= 0.3 is 0 Å². The molecule has 2 aromatic carbocycles. The number of carbonyl (C=O) groups is 2. The molecule has 0 radical (unpaired) electrons. The first-order valence-electron chi connectivity index (χ1n) is 8.08. The summed E-state index contributed by atoms with van der Waals surface area (Å²) in [6.07, 6.45) is 1.54. The number of nitrogens with one attached hydrogen (secondary N) is 1. The Kier molecular flexibility index (Phi) is 5.24. The Morgan fingerprint density at radius 3 is 2.64 bits per heavy atom. The number of methoxy groups -OCH3 is 1. The van der Waals surface area contributed by atoms with E-state index in [1.54, 1.807) is 30.3 Å². The molecule has 1 fully saturated rings. The maximum atomic E-state index is 12.4. The minimum atomic E-state index is -0.246. The van der Waals surface area contributed by atoms with Gasteiger partial charge in [0, 0.05) is 30.1 Å². The lowest BCUT2D eigenvalue weighted by atomic mass is 10.1. The second kappa shape index (κ2) is 7.57. The van der Waals surface area contributed by atoms with Crippen molar-refractivity contribution in [1.82, 2.24) is 4.90 Å². The Hall–Kier alpha value is -2.53. The van der Waals surface area contributed by atoms with Gasteiger partial charge in [0.25, 0.3) is 5.91 Å². The first-order valence-corrected chi connectivity index (χ1v) is 8.46. The van der Waals surface area contributed by atoms with Crippen molar-refractivity contribution in [2.75, 3.05) is 19.0 Å². The average molecular weight is 359 g/mol. The number of anilines is 1. The smallest absolute Gasteiger partial charge is 0.255 e. The normalized spacial score (nSPS) is 13.8. The second-order valence-corrected chi connectivity index (χ2v) is 6.35. The average Bonchev–Trinajstić information content (AvgIpc) is 3.00. The monoisotopic (exact) mass is 358 g/mol. The Bertz CT molecular complexity index is 790. The molecule has 6 heteroatoms. The molecule has 2 amide bonds. The summed E-state index contributed by atoms with van der Waals surface area (Å²) in [6, 6.07) is 12.3. The molecule has 0 bridgehead atoms. The van der Waals surface area contributed by atoms with Crippen LogP contribution < -0.4 is 10.1 Å². The highest BCUT2D eigenvalue weighted by molar-refractivity contribution is 6.31. The predicted molar refractivity (Wildman–Crippen MR) is 97.1 cm³/mol. The highest BCUT2D eigenvalue weighted by atomic mass is 35.5. The van der Waals surface area contributed by atoms with E-state index in [2.05, 4.69) is 5.32 Å². The summed E-state index contributed by atoms with van der Waals surface area (Å²) in [7, 11) is 1.54. The summed E-state index contributed by atoms with van der Waals surface area (Å²) < 4.78 is 5.23. The topological polar surface area (TPSA) is 58.6 Å². The van der Waals surface area contributed by atoms with Crippen LogP contribution in [0.5, 0.6) is 5.75 Å². The quantitative estimate of drug-likeness (QED) is 0.886. The summed E-state index contributed by atoms with van der Waals surface area (Å²) in [5.74, 6) is 0.487. The van der Waals surface area contributed by atoms with Crippen molar-refractivity contribution >= 4 is 29.1 Å². The molecule has 0 saturated carbocycles. The van der Waals surface area contributed by atoms with Crippen LogP contribution in [0.3, 0.4) is 0 Å². The van der Waals surface area contributed by atoms with E-state index < -0.39 is 0 Å². The lowest BCUT2D eigenvalue weighted by Crippen LogP contribution is -2.23. The van der Waals surface area contributed by atoms with Crippen LogP contribution in [0.1, 0.15) is 28.8 Å². The van der Waals surface area contributed by atoms with Crippen LogP contribution in [0.25, 0.3) is 0 Å². The number of nitrogens with zero attached hydrogens (tertiary/aromatic N) is 1. The van der Waals surface area contributed by atoms with Gasteiger partial charge in [0.15, 0.2) is 0 Å². The van der Waals surface area contributed by atoms with Gasteiger partial charge in [0.2, 0.25) is 5.91 Å². The van der Waals surface area contributed by atoms with Gasteiger partial charge in [-0.25, -0.2) is 0 Å². The Balaban J connectivity index is 1.68. The van der Waals surface area contributed by atoms with Crippen molar-refractivity contribution in [2.45, 2.75) is 19.4 Å². The van der Waals surface area contributed by atoms with Gasteiger partial charge < -0.3 is 15.0 Å². The number of benzene rings is 2. The fraction of sp³-hybridized carbons (Fsp3) is 0.263. The molecule has 0 atom stereocenters. The van der Waals surface area contributed by atoms with Crippen molar-refractivity contribution in [3.8, 4) is 5.75 Å². The molecule has 0 aromatic heterocycles. The van der Waals surface area contributed by atoms with Crippen LogP contribution in [0.4, 0.5) is 5.69 Å². The van der Waals surface area contributed by atoms with Gasteiger partial charge in [-0.3, -0.25) is 9.59 Å². The van der Waals surface area contributed by atoms with Gasteiger partial charge in [-0.15, -0.1) is 0 Å². The van der Waals surface area contributed by atoms with Crippen molar-refractivity contribution in [2.24, 2.45) is 0 Å². The van der Waals surface area contributed by atoms with E-state index in [-0.39, 0.29) is 11.8 Å². The number of amides is 2. The Morgan fingerprint density at radius 2 is 2.00 bits per heavy atom. The third kappa shape index (κ3) is 4.12. The van der Waals surface area contributed by atoms with Crippen molar-refractivity contribution in [3.63, 3.8) is 0 Å². The molecule has 0 unspecified atom stereocenters. The first kappa shape index (κ1) is 17.3. The van der Waals surface area contributed by atoms with E-state index in [1.807, 2.05) is 17.0 Å². The van der Waals surface area contributed by atoms with Crippen molar-refractivity contribution in [3.05, 3.63) is 58.6 Å². The molecule has 1 aliphatic heterocycles. The lowest BCUT2D eigenvalue weighted by Gasteiger charge is -2.15. The highest BCUT2D eigenvalue weighted by Gasteiger charge is 2.20. The Labute approximate surface area is 151 Å². The van der Waals surface area contributed by atoms with Crippen LogP contribution in [0, 0.1) is 0 Å². The summed E-state index contributed by atoms with van der Waals surface area (Å²) in [5, 5.41) is 3.32. The maximum Gasteiger partial charge on any atom is 0.255 e. The fourth-order valence-corrected chi connectivity index (χ4v) is 3.00. The van der Waals surface area contributed by atoms with E-state index in [4.69, 9.17) is 16.3 Å². The molecule has 5 nitrogen and oxygen atoms in total. The van der Waals surface area contributed by atoms with E-state index >= 15 is 0 Å². The predicted octanol–water partition coefficient (Wildman–Crippen LogP) is 3.72. The maximum absolute atomic E-state index is 12.4. The summed E-state index contributed by atoms with van der Waals surface area (Å²) >= 11 is 5.98. The van der Waals surface area contributed by atoms with Crippen molar-refractivity contribution < 1.29 is 14.3 Å². The Morgan fingerprint density at radius 1 is 1.24 bits per heavy atom. The van der Waals surface area contributed by atoms with Crippen LogP contribution in [0.15, 0.2) is 42.5 Å². The zero-order chi connectivity index (χ0) is 17.8. The zero-order valence-electron chi connectivity index (χ0n) is 13.9. The van der Waals surface area contributed by atoms with E-state index in [0.29, 0.717) is 35.0 Å². The number of likely N-dealkylation sites (tertiary alicyclic amines) is 1. The molecular formula is C19H19ClN2O3. The molecule has 3 rings (SSSR count). The van der Waals surface area contributed by atoms with Gasteiger partial charge in [0.05, 0.1) is 12.8 Å². The number of ether oxygens (including phenoxy) is 1. The largest absolute Gasteiger partial charge is 0.495 e. The molecule has 2 aromatic rings. The zero-order valence-corrected chi connectivity index (χ0v) is 14.7. The minimum Gasteiger partial charge on any atom is -0.495 e. The summed E-state index contributed by atoms with van der Waals surface area (Å²) in [5.41, 5.74) is 2.05. The third-order valence-electron chi connectivity index (χ3n) is 4.17. The standard InChI is InChI=1S/C19H19ClN2O3/c1-25-17-9-8-15(20)11-16(17)21-19(24)14-6-4-13(5-7-14)12-22-10-2-3-18(22)23/h4-9,11H,2-3,10,12H2,1H3,(H,21,24). The molecule has 1 aliphatic rings. The van der Waals surface area contributed by atoms with Gasteiger partial charge in [-0.05, 0) is 42.3 Å². The summed E-state index contributed by atoms with van der Waals surface area (Å²) in [6.45, 7) is 1.39. The van der Waals surface area contributed by atoms with Crippen LogP contribution in [0.2, 0.25) is 5.02 Å². The van der Waals surface area contributed by atoms with Gasteiger partial charge in [0.1, 0.15) is 5.75 Å². The molecule has 1 saturated heterocycles. The molecule has 130 valence electrons. The van der Waals surface area contributed by atoms with Crippen molar-refractivity contribution in [1.29, 1.82) is 0 Å². The van der Waals surface area contributed by atoms with E-state index in [1.165, 1.54) is 7.11 Å². The van der Waals surface area contributed by atoms with E-state index in [0.717, 1.165) is 18.5 Å². The fourth-order valence-electron chi connectivity index (χ4n) is 2.83. The molecule has 0 spiro atoms. The number of hydrogen-bond donors (Lipinski definition) is 1. The first-order chi connectivity index (χ1) is 12.1. The summed E-state index contributed by atoms with van der Waals surface area (Å²) in [4.78, 5) is 26.0. The molecule has 25 heavy (non-hydrogen) atoms. The van der Waals surface area contributed by atoms with Gasteiger partial charge in [-0.1, -0.05) is 23.7 Å². The molecular weight excluding hydrogens is 340 g/mol. The SMILES string of the molecule is COc1ccc(Cl)cc1NC(=O)c1ccc(CN2CCCC2=O)cc1. The minimum absolute atomic E-state index is 0.190. The van der Waals surface area contributed by atoms with Crippen LogP contribution in [-0.2, 0) is 11.3 Å². The number of halogens is 1. The highest BCUT2D eigenvalue weighted by Crippen LogP contribution is 2.28. The number of carbonyl (C=O) groups excluding carboxylic acids is 2. The number of rotatable bonds is 5. The molecule has 1 heterocycles.